The molecule has 0 fully saturated rings. The predicted octanol–water partition coefficient (Wildman–Crippen LogP) is -0.0387. The third-order valence-electron chi connectivity index (χ3n) is 2.96. The van der Waals surface area contributed by atoms with Crippen molar-refractivity contribution in [3.63, 3.8) is 0 Å². The van der Waals surface area contributed by atoms with E-state index in [1.54, 1.807) is 0 Å². The van der Waals surface area contributed by atoms with Crippen molar-refractivity contribution in [1.82, 2.24) is 5.32 Å². The van der Waals surface area contributed by atoms with Crippen molar-refractivity contribution in [2.75, 3.05) is 26.2 Å². The average molecular weight is 317 g/mol. The first kappa shape index (κ1) is 23.1. The molecule has 0 aliphatic rings. The molecule has 7 heteroatoms. The van der Waals surface area contributed by atoms with Gasteiger partial charge in [0.05, 0.1) is 0 Å². The van der Waals surface area contributed by atoms with Gasteiger partial charge in [-0.1, -0.05) is 25.7 Å². The van der Waals surface area contributed by atoms with Crippen LogP contribution in [0.1, 0.15) is 57.8 Å². The molecule has 0 saturated heterocycles. The Kier molecular flexibility index (Phi) is 20.8. The van der Waals surface area contributed by atoms with Crippen LogP contribution in [0.4, 0.5) is 0 Å². The van der Waals surface area contributed by atoms with Gasteiger partial charge in [-0.15, -0.1) is 0 Å². The molecule has 0 saturated carbocycles. The molecule has 0 heterocycles. The minimum Gasteiger partial charge on any atom is -0.369 e. The summed E-state index contributed by atoms with van der Waals surface area (Å²) in [6, 6.07) is 0. The number of unbranched alkanes of at least 4 members (excludes halogenated alkanes) is 6. The Morgan fingerprint density at radius 2 is 1.00 bits per heavy atom. The number of nitrogens with two attached hydrogens (primary N) is 4. The summed E-state index contributed by atoms with van der Waals surface area (Å²) in [5.41, 5.74) is 20.0. The summed E-state index contributed by atoms with van der Waals surface area (Å²) in [4.78, 5) is 19.5. The van der Waals surface area contributed by atoms with E-state index in [1.807, 2.05) is 0 Å². The Labute approximate surface area is 134 Å². The third-order valence-corrected chi connectivity index (χ3v) is 2.96. The smallest absolute Gasteiger partial charge is 0.226 e. The number of amides is 2. The van der Waals surface area contributed by atoms with E-state index < -0.39 is 11.8 Å². The number of hydrogen-bond acceptors (Lipinski definition) is 5. The van der Waals surface area contributed by atoms with Crippen LogP contribution in [0.3, 0.4) is 0 Å². The maximum Gasteiger partial charge on any atom is 0.226 e. The van der Waals surface area contributed by atoms with Crippen LogP contribution in [0.25, 0.3) is 0 Å². The Bertz CT molecular complexity index is 238. The zero-order valence-corrected chi connectivity index (χ0v) is 13.8. The molecule has 0 aliphatic heterocycles. The average Bonchev–Trinajstić information content (AvgIpc) is 2.44. The van der Waals surface area contributed by atoms with Gasteiger partial charge in [-0.05, 0) is 51.9 Å². The van der Waals surface area contributed by atoms with E-state index in [0.717, 1.165) is 13.1 Å². The second kappa shape index (κ2) is 19.8. The maximum absolute atomic E-state index is 9.73. The molecule has 0 rings (SSSR count). The molecule has 22 heavy (non-hydrogen) atoms. The Morgan fingerprint density at radius 1 is 0.636 bits per heavy atom. The zero-order valence-electron chi connectivity index (χ0n) is 13.8. The van der Waals surface area contributed by atoms with Gasteiger partial charge in [-0.25, -0.2) is 0 Å². The molecule has 0 aliphatic carbocycles. The van der Waals surface area contributed by atoms with E-state index in [9.17, 15) is 9.59 Å². The lowest BCUT2D eigenvalue weighted by Gasteiger charge is -2.04. The van der Waals surface area contributed by atoms with Gasteiger partial charge in [0, 0.05) is 0 Å². The highest BCUT2D eigenvalue weighted by molar-refractivity contribution is 5.95. The number of nitrogens with one attached hydrogen (secondary N) is 1. The maximum atomic E-state index is 9.73. The van der Waals surface area contributed by atoms with Crippen LogP contribution in [-0.4, -0.2) is 38.0 Å². The molecule has 0 atom stereocenters. The second-order valence-corrected chi connectivity index (χ2v) is 5.27. The lowest BCUT2D eigenvalue weighted by atomic mass is 10.2. The van der Waals surface area contributed by atoms with Crippen LogP contribution in [0.2, 0.25) is 0 Å². The molecule has 0 unspecified atom stereocenters. The third kappa shape index (κ3) is 27.2. The molecule has 0 aromatic heterocycles. The van der Waals surface area contributed by atoms with E-state index in [-0.39, 0.29) is 6.42 Å². The fraction of sp³-hybridized carbons (Fsp3) is 0.867. The van der Waals surface area contributed by atoms with Gasteiger partial charge in [0.2, 0.25) is 11.8 Å². The Hall–Kier alpha value is -1.18. The lowest BCUT2D eigenvalue weighted by Crippen LogP contribution is -2.21. The summed E-state index contributed by atoms with van der Waals surface area (Å²) in [5, 5.41) is 3.48. The van der Waals surface area contributed by atoms with E-state index in [1.165, 1.54) is 64.5 Å². The van der Waals surface area contributed by atoms with Crippen molar-refractivity contribution in [3.8, 4) is 0 Å². The highest BCUT2D eigenvalue weighted by atomic mass is 16.2. The van der Waals surface area contributed by atoms with E-state index >= 15 is 0 Å². The summed E-state index contributed by atoms with van der Waals surface area (Å²) < 4.78 is 0. The minimum absolute atomic E-state index is 0.361. The van der Waals surface area contributed by atoms with Crippen LogP contribution in [0.15, 0.2) is 0 Å². The summed E-state index contributed by atoms with van der Waals surface area (Å²) in [7, 11) is 0. The van der Waals surface area contributed by atoms with Gasteiger partial charge in [-0.3, -0.25) is 9.59 Å². The van der Waals surface area contributed by atoms with Crippen molar-refractivity contribution in [2.45, 2.75) is 57.8 Å². The fourth-order valence-corrected chi connectivity index (χ4v) is 1.79. The Balaban J connectivity index is 0. The molecular weight excluding hydrogens is 282 g/mol. The van der Waals surface area contributed by atoms with Crippen molar-refractivity contribution in [1.29, 1.82) is 0 Å². The van der Waals surface area contributed by atoms with Crippen molar-refractivity contribution < 1.29 is 9.59 Å². The van der Waals surface area contributed by atoms with Crippen LogP contribution in [0, 0.1) is 0 Å². The second-order valence-electron chi connectivity index (χ2n) is 5.27. The summed E-state index contributed by atoms with van der Waals surface area (Å²) in [6.07, 6.45) is 9.79. The molecule has 7 nitrogen and oxygen atoms in total. The van der Waals surface area contributed by atoms with Crippen LogP contribution in [0.5, 0.6) is 0 Å². The SMILES string of the molecule is NC(=O)CC(N)=O.NCCCCCCNCCCCCCN. The first-order valence-corrected chi connectivity index (χ1v) is 8.22. The van der Waals surface area contributed by atoms with E-state index in [4.69, 9.17) is 11.5 Å². The molecule has 0 aromatic carbocycles. The summed E-state index contributed by atoms with van der Waals surface area (Å²) in [6.45, 7) is 4.02. The van der Waals surface area contributed by atoms with E-state index in [2.05, 4.69) is 16.8 Å². The Morgan fingerprint density at radius 3 is 1.27 bits per heavy atom. The number of rotatable bonds is 14. The molecule has 2 amide bonds. The summed E-state index contributed by atoms with van der Waals surface area (Å²) in [5.74, 6) is -1.37. The molecule has 0 bridgehead atoms. The van der Waals surface area contributed by atoms with Crippen molar-refractivity contribution >= 4 is 11.8 Å². The highest BCUT2D eigenvalue weighted by Crippen LogP contribution is 1.98. The van der Waals surface area contributed by atoms with E-state index in [0.29, 0.717) is 0 Å². The lowest BCUT2D eigenvalue weighted by molar-refractivity contribution is -0.125. The normalized spacial score (nSPS) is 9.91. The van der Waals surface area contributed by atoms with Crippen molar-refractivity contribution in [2.24, 2.45) is 22.9 Å². The summed E-state index contributed by atoms with van der Waals surface area (Å²) >= 11 is 0. The number of hydrogen-bond donors (Lipinski definition) is 5. The topological polar surface area (TPSA) is 150 Å². The zero-order chi connectivity index (χ0) is 17.1. The fourth-order valence-electron chi connectivity index (χ4n) is 1.79. The van der Waals surface area contributed by atoms with Gasteiger partial charge in [0.1, 0.15) is 6.42 Å². The number of carbonyl (C=O) groups excluding carboxylic acids is 2. The van der Waals surface area contributed by atoms with Gasteiger partial charge >= 0.3 is 0 Å². The first-order valence-electron chi connectivity index (χ1n) is 8.22. The molecular formula is C15H35N5O2. The largest absolute Gasteiger partial charge is 0.369 e. The van der Waals surface area contributed by atoms with Gasteiger partial charge in [0.15, 0.2) is 0 Å². The van der Waals surface area contributed by atoms with Crippen LogP contribution in [-0.2, 0) is 9.59 Å². The predicted molar refractivity (Wildman–Crippen MR) is 90.9 cm³/mol. The van der Waals surface area contributed by atoms with Gasteiger partial charge < -0.3 is 28.3 Å². The standard InChI is InChI=1S/C12H29N3.C3H6N2O2/c13-9-5-1-3-7-11-15-12-8-4-2-6-10-14;4-2(6)1-3(5)7/h15H,1-14H2;1H2,(H2,4,6)(H2,5,7). The highest BCUT2D eigenvalue weighted by Gasteiger charge is 1.96. The molecule has 0 radical (unpaired) electrons. The monoisotopic (exact) mass is 317 g/mol. The quantitative estimate of drug-likeness (QED) is 0.225. The van der Waals surface area contributed by atoms with Crippen LogP contribution < -0.4 is 28.3 Å². The molecule has 9 N–H and O–H groups in total. The molecule has 132 valence electrons. The number of primary amides is 2. The first-order chi connectivity index (χ1) is 10.5. The van der Waals surface area contributed by atoms with Crippen LogP contribution >= 0.6 is 0 Å². The molecule has 0 spiro atoms. The number of carbonyl (C=O) groups is 2. The van der Waals surface area contributed by atoms with Crippen molar-refractivity contribution in [3.05, 3.63) is 0 Å². The van der Waals surface area contributed by atoms with Gasteiger partial charge in [-0.2, -0.15) is 0 Å². The minimum atomic E-state index is -0.687. The van der Waals surface area contributed by atoms with Gasteiger partial charge in [0.25, 0.3) is 0 Å². The molecule has 0 aromatic rings.